The highest BCUT2D eigenvalue weighted by molar-refractivity contribution is 5.92. The maximum absolute atomic E-state index is 14.6. The summed E-state index contributed by atoms with van der Waals surface area (Å²) in [6.45, 7) is 0. The molecule has 0 radical (unpaired) electrons. The van der Waals surface area contributed by atoms with Gasteiger partial charge >= 0.3 is 5.97 Å². The molecule has 0 saturated heterocycles. The van der Waals surface area contributed by atoms with Crippen molar-refractivity contribution in [1.82, 2.24) is 4.57 Å². The molecule has 5 nitrogen and oxygen atoms in total. The van der Waals surface area contributed by atoms with Crippen molar-refractivity contribution in [3.63, 3.8) is 0 Å². The van der Waals surface area contributed by atoms with Gasteiger partial charge in [-0.15, -0.1) is 0 Å². The van der Waals surface area contributed by atoms with Crippen LogP contribution in [0.25, 0.3) is 10.9 Å². The number of hydrogen-bond donors (Lipinski definition) is 2. The third-order valence-electron chi connectivity index (χ3n) is 5.23. The average molecular weight is 330 g/mol. The van der Waals surface area contributed by atoms with E-state index in [1.165, 1.54) is 12.3 Å². The summed E-state index contributed by atoms with van der Waals surface area (Å²) in [5.74, 6) is -1.66. The minimum Gasteiger partial charge on any atom is -0.477 e. The number of fused-ring (bicyclic) bond motifs is 1. The van der Waals surface area contributed by atoms with Crippen LogP contribution in [0, 0.1) is 5.82 Å². The van der Waals surface area contributed by atoms with Gasteiger partial charge in [-0.25, -0.2) is 9.18 Å². The highest BCUT2D eigenvalue weighted by atomic mass is 19.1. The molecule has 3 N–H and O–H groups in total. The average Bonchev–Trinajstić information content (AvgIpc) is 3.28. The number of aromatic nitrogens is 1. The Labute approximate surface area is 137 Å². The Bertz CT molecular complexity index is 901. The predicted octanol–water partition coefficient (Wildman–Crippen LogP) is 2.77. The standard InChI is InChI=1S/C18H19FN2O3/c19-15-6-13-16(7-12(15)9-1-2-10(20)5-9)21(11-3-4-11)8-14(17(13)22)18(23)24/h6-11H,1-5,20H2,(H,23,24). The number of nitrogens with zero attached hydrogens (tertiary/aromatic N) is 1. The van der Waals surface area contributed by atoms with Crippen molar-refractivity contribution in [2.24, 2.45) is 5.73 Å². The number of pyridine rings is 1. The van der Waals surface area contributed by atoms with Gasteiger partial charge in [-0.3, -0.25) is 4.79 Å². The van der Waals surface area contributed by atoms with Crippen LogP contribution in [0.3, 0.4) is 0 Å². The molecule has 0 spiro atoms. The van der Waals surface area contributed by atoms with Gasteiger partial charge in [-0.1, -0.05) is 0 Å². The van der Waals surface area contributed by atoms with Gasteiger partial charge in [0.1, 0.15) is 11.4 Å². The van der Waals surface area contributed by atoms with Gasteiger partial charge in [-0.2, -0.15) is 0 Å². The van der Waals surface area contributed by atoms with E-state index < -0.39 is 17.2 Å². The molecule has 4 rings (SSSR count). The van der Waals surface area contributed by atoms with Gasteiger partial charge in [0.25, 0.3) is 0 Å². The van der Waals surface area contributed by atoms with Crippen LogP contribution in [-0.4, -0.2) is 21.7 Å². The molecule has 2 fully saturated rings. The number of rotatable bonds is 3. The smallest absolute Gasteiger partial charge is 0.341 e. The second-order valence-electron chi connectivity index (χ2n) is 6.98. The maximum atomic E-state index is 14.6. The monoisotopic (exact) mass is 330 g/mol. The van der Waals surface area contributed by atoms with E-state index in [0.717, 1.165) is 32.1 Å². The highest BCUT2D eigenvalue weighted by Crippen LogP contribution is 2.40. The molecule has 24 heavy (non-hydrogen) atoms. The van der Waals surface area contributed by atoms with Crippen molar-refractivity contribution in [1.29, 1.82) is 0 Å². The molecule has 1 heterocycles. The lowest BCUT2D eigenvalue weighted by molar-refractivity contribution is 0.0695. The number of aromatic carboxylic acids is 1. The minimum atomic E-state index is -1.28. The van der Waals surface area contributed by atoms with Gasteiger partial charge in [0.2, 0.25) is 5.43 Å². The molecule has 2 aromatic rings. The zero-order valence-corrected chi connectivity index (χ0v) is 13.2. The molecular weight excluding hydrogens is 311 g/mol. The predicted molar refractivity (Wildman–Crippen MR) is 88.0 cm³/mol. The fraction of sp³-hybridized carbons (Fsp3) is 0.444. The lowest BCUT2D eigenvalue weighted by Gasteiger charge is -2.16. The van der Waals surface area contributed by atoms with Crippen molar-refractivity contribution >= 4 is 16.9 Å². The third kappa shape index (κ3) is 2.41. The molecule has 2 atom stereocenters. The van der Waals surface area contributed by atoms with E-state index in [0.29, 0.717) is 11.1 Å². The zero-order chi connectivity index (χ0) is 17.0. The summed E-state index contributed by atoms with van der Waals surface area (Å²) in [6.07, 6.45) is 5.74. The third-order valence-corrected chi connectivity index (χ3v) is 5.23. The summed E-state index contributed by atoms with van der Waals surface area (Å²) in [6, 6.07) is 3.22. The fourth-order valence-electron chi connectivity index (χ4n) is 3.80. The van der Waals surface area contributed by atoms with Crippen LogP contribution in [0.1, 0.15) is 60.0 Å². The normalized spacial score (nSPS) is 23.8. The van der Waals surface area contributed by atoms with Crippen molar-refractivity contribution in [3.8, 4) is 0 Å². The molecule has 2 aliphatic rings. The van der Waals surface area contributed by atoms with E-state index in [1.807, 2.05) is 4.57 Å². The Balaban J connectivity index is 1.95. The van der Waals surface area contributed by atoms with E-state index in [9.17, 15) is 19.1 Å². The number of nitrogens with two attached hydrogens (primary N) is 1. The van der Waals surface area contributed by atoms with E-state index in [1.54, 1.807) is 6.07 Å². The van der Waals surface area contributed by atoms with Crippen LogP contribution < -0.4 is 11.2 Å². The quantitative estimate of drug-likeness (QED) is 0.906. The maximum Gasteiger partial charge on any atom is 0.341 e. The topological polar surface area (TPSA) is 85.3 Å². The summed E-state index contributed by atoms with van der Waals surface area (Å²) in [7, 11) is 0. The van der Waals surface area contributed by atoms with Gasteiger partial charge in [0, 0.05) is 23.7 Å². The molecule has 2 aliphatic carbocycles. The van der Waals surface area contributed by atoms with Crippen LogP contribution in [0.15, 0.2) is 23.1 Å². The van der Waals surface area contributed by atoms with E-state index in [-0.39, 0.29) is 29.0 Å². The molecule has 0 amide bonds. The number of carboxylic acid groups (broad SMARTS) is 1. The number of carboxylic acids is 1. The number of benzene rings is 1. The Morgan fingerprint density at radius 2 is 2.00 bits per heavy atom. The fourth-order valence-corrected chi connectivity index (χ4v) is 3.80. The zero-order valence-electron chi connectivity index (χ0n) is 13.2. The Morgan fingerprint density at radius 1 is 1.25 bits per heavy atom. The lowest BCUT2D eigenvalue weighted by atomic mass is 9.95. The number of halogens is 1. The minimum absolute atomic E-state index is 0.0614. The summed E-state index contributed by atoms with van der Waals surface area (Å²) < 4.78 is 16.5. The van der Waals surface area contributed by atoms with E-state index in [2.05, 4.69) is 0 Å². The second kappa shape index (κ2) is 5.41. The van der Waals surface area contributed by atoms with Gasteiger partial charge < -0.3 is 15.4 Å². The SMILES string of the molecule is NC1CCC(c2cc3c(cc2F)c(=O)c(C(=O)O)cn3C2CC2)C1. The first-order chi connectivity index (χ1) is 11.5. The van der Waals surface area contributed by atoms with Crippen molar-refractivity contribution in [3.05, 3.63) is 45.5 Å². The molecule has 2 saturated carbocycles. The largest absolute Gasteiger partial charge is 0.477 e. The molecule has 1 aromatic carbocycles. The molecule has 126 valence electrons. The van der Waals surface area contributed by atoms with E-state index in [4.69, 9.17) is 5.73 Å². The molecule has 0 bridgehead atoms. The first kappa shape index (κ1) is 15.3. The van der Waals surface area contributed by atoms with Crippen molar-refractivity contribution < 1.29 is 14.3 Å². The lowest BCUT2D eigenvalue weighted by Crippen LogP contribution is -2.19. The molecular formula is C18H19FN2O3. The second-order valence-corrected chi connectivity index (χ2v) is 6.98. The summed E-state index contributed by atoms with van der Waals surface area (Å²) in [5, 5.41) is 9.40. The van der Waals surface area contributed by atoms with Gasteiger partial charge in [0.05, 0.1) is 5.52 Å². The van der Waals surface area contributed by atoms with Gasteiger partial charge in [0.15, 0.2) is 0 Å². The molecule has 1 aromatic heterocycles. The van der Waals surface area contributed by atoms with Crippen LogP contribution in [-0.2, 0) is 0 Å². The van der Waals surface area contributed by atoms with Crippen LogP contribution in [0.4, 0.5) is 4.39 Å². The summed E-state index contributed by atoms with van der Waals surface area (Å²) in [5.41, 5.74) is 6.24. The highest BCUT2D eigenvalue weighted by Gasteiger charge is 2.30. The Morgan fingerprint density at radius 3 is 2.58 bits per heavy atom. The van der Waals surface area contributed by atoms with Crippen molar-refractivity contribution in [2.45, 2.75) is 50.1 Å². The summed E-state index contributed by atoms with van der Waals surface area (Å²) >= 11 is 0. The first-order valence-corrected chi connectivity index (χ1v) is 8.33. The Kier molecular flexibility index (Phi) is 3.46. The number of hydrogen-bond acceptors (Lipinski definition) is 3. The molecule has 0 aliphatic heterocycles. The van der Waals surface area contributed by atoms with Crippen LogP contribution in [0.2, 0.25) is 0 Å². The molecule has 6 heteroatoms. The van der Waals surface area contributed by atoms with Crippen molar-refractivity contribution in [2.75, 3.05) is 0 Å². The number of carbonyl (C=O) groups is 1. The first-order valence-electron chi connectivity index (χ1n) is 8.33. The Hall–Kier alpha value is -2.21. The van der Waals surface area contributed by atoms with E-state index >= 15 is 0 Å². The summed E-state index contributed by atoms with van der Waals surface area (Å²) in [4.78, 5) is 23.8. The van der Waals surface area contributed by atoms with Crippen LogP contribution >= 0.6 is 0 Å². The van der Waals surface area contributed by atoms with Gasteiger partial charge in [-0.05, 0) is 55.7 Å². The van der Waals surface area contributed by atoms with Crippen LogP contribution in [0.5, 0.6) is 0 Å². The molecule has 2 unspecified atom stereocenters.